The molecule has 4 aromatic rings. The number of rotatable bonds is 4. The zero-order chi connectivity index (χ0) is 22.5. The quantitative estimate of drug-likeness (QED) is 0.412. The molecule has 32 heavy (non-hydrogen) atoms. The number of halogens is 1. The standard InChI is InChI=1S/C22H14BrNO7S/c23-13-2-5-15(6-3-13)32(27,28)24-14-4-8-17-16(10-14)20(25)21(26)22(31-17)12-1-7-18-19(9-12)30-11-29-18/h1-10,24,26H,11H2. The maximum Gasteiger partial charge on any atom is 0.261 e. The molecule has 162 valence electrons. The Morgan fingerprint density at radius 2 is 1.69 bits per heavy atom. The first-order valence-electron chi connectivity index (χ1n) is 9.30. The molecule has 1 aliphatic rings. The Bertz CT molecular complexity index is 1530. The van der Waals surface area contributed by atoms with Crippen LogP contribution < -0.4 is 19.6 Å². The van der Waals surface area contributed by atoms with Crippen molar-refractivity contribution in [3.8, 4) is 28.6 Å². The van der Waals surface area contributed by atoms with E-state index in [1.807, 2.05) is 0 Å². The van der Waals surface area contributed by atoms with Crippen molar-refractivity contribution in [2.24, 2.45) is 0 Å². The van der Waals surface area contributed by atoms with Crippen molar-refractivity contribution in [1.29, 1.82) is 0 Å². The lowest BCUT2D eigenvalue weighted by atomic mass is 10.1. The maximum absolute atomic E-state index is 12.8. The van der Waals surface area contributed by atoms with E-state index in [1.54, 1.807) is 30.3 Å². The van der Waals surface area contributed by atoms with Crippen molar-refractivity contribution in [3.63, 3.8) is 0 Å². The molecule has 2 heterocycles. The van der Waals surface area contributed by atoms with Crippen molar-refractivity contribution >= 4 is 42.6 Å². The molecule has 0 radical (unpaired) electrons. The zero-order valence-corrected chi connectivity index (χ0v) is 18.6. The number of hydrogen-bond donors (Lipinski definition) is 2. The highest BCUT2D eigenvalue weighted by Gasteiger charge is 2.21. The van der Waals surface area contributed by atoms with Crippen LogP contribution in [0.1, 0.15) is 0 Å². The van der Waals surface area contributed by atoms with Crippen LogP contribution >= 0.6 is 15.9 Å². The lowest BCUT2D eigenvalue weighted by molar-refractivity contribution is 0.174. The molecular weight excluding hydrogens is 502 g/mol. The second kappa shape index (κ2) is 7.57. The Balaban J connectivity index is 1.54. The summed E-state index contributed by atoms with van der Waals surface area (Å²) in [5.74, 6) is 0.412. The van der Waals surface area contributed by atoms with Crippen LogP contribution in [0.15, 0.2) is 79.2 Å². The van der Waals surface area contributed by atoms with E-state index < -0.39 is 21.2 Å². The Labute approximate surface area is 190 Å². The molecule has 0 saturated carbocycles. The number of nitrogens with one attached hydrogen (secondary N) is 1. The van der Waals surface area contributed by atoms with E-state index >= 15 is 0 Å². The van der Waals surface area contributed by atoms with Gasteiger partial charge < -0.3 is 19.0 Å². The van der Waals surface area contributed by atoms with Crippen molar-refractivity contribution < 1.29 is 27.4 Å². The van der Waals surface area contributed by atoms with E-state index in [9.17, 15) is 18.3 Å². The lowest BCUT2D eigenvalue weighted by Gasteiger charge is -2.10. The second-order valence-electron chi connectivity index (χ2n) is 6.95. The highest BCUT2D eigenvalue weighted by molar-refractivity contribution is 9.10. The van der Waals surface area contributed by atoms with Gasteiger partial charge in [0.25, 0.3) is 10.0 Å². The van der Waals surface area contributed by atoms with Crippen LogP contribution in [-0.2, 0) is 10.0 Å². The largest absolute Gasteiger partial charge is 0.502 e. The molecule has 5 rings (SSSR count). The number of fused-ring (bicyclic) bond motifs is 2. The predicted octanol–water partition coefficient (Wildman–Crippen LogP) is 4.46. The summed E-state index contributed by atoms with van der Waals surface area (Å²) in [5, 5.41) is 10.5. The van der Waals surface area contributed by atoms with Gasteiger partial charge in [-0.05, 0) is 60.7 Å². The van der Waals surface area contributed by atoms with Crippen LogP contribution in [0.25, 0.3) is 22.3 Å². The lowest BCUT2D eigenvalue weighted by Crippen LogP contribution is -2.13. The molecule has 0 saturated heterocycles. The molecule has 8 nitrogen and oxygen atoms in total. The number of ether oxygens (including phenoxy) is 2. The first-order chi connectivity index (χ1) is 15.3. The molecule has 0 atom stereocenters. The van der Waals surface area contributed by atoms with E-state index in [1.165, 1.54) is 30.3 Å². The van der Waals surface area contributed by atoms with Gasteiger partial charge in [-0.15, -0.1) is 0 Å². The van der Waals surface area contributed by atoms with Gasteiger partial charge in [0.2, 0.25) is 18.0 Å². The van der Waals surface area contributed by atoms with Crippen LogP contribution in [0, 0.1) is 0 Å². The second-order valence-corrected chi connectivity index (χ2v) is 9.55. The number of anilines is 1. The fraction of sp³-hybridized carbons (Fsp3) is 0.0455. The average Bonchev–Trinajstić information content (AvgIpc) is 3.24. The molecule has 0 unspecified atom stereocenters. The predicted molar refractivity (Wildman–Crippen MR) is 121 cm³/mol. The summed E-state index contributed by atoms with van der Waals surface area (Å²) in [6.45, 7) is 0.0887. The molecule has 1 aromatic heterocycles. The summed E-state index contributed by atoms with van der Waals surface area (Å²) in [6.07, 6.45) is 0. The number of hydrogen-bond acceptors (Lipinski definition) is 7. The minimum atomic E-state index is -3.87. The maximum atomic E-state index is 12.8. The first kappa shape index (κ1) is 20.4. The highest BCUT2D eigenvalue weighted by Crippen LogP contribution is 2.38. The molecule has 0 spiro atoms. The summed E-state index contributed by atoms with van der Waals surface area (Å²) < 4.78 is 44.8. The Hall–Kier alpha value is -3.50. The van der Waals surface area contributed by atoms with Gasteiger partial charge in [-0.2, -0.15) is 0 Å². The minimum Gasteiger partial charge on any atom is -0.502 e. The summed E-state index contributed by atoms with van der Waals surface area (Å²) in [7, 11) is -3.87. The van der Waals surface area contributed by atoms with Crippen LogP contribution in [0.5, 0.6) is 17.2 Å². The Morgan fingerprint density at radius 3 is 2.47 bits per heavy atom. The third-order valence-corrected chi connectivity index (χ3v) is 6.80. The molecule has 2 N–H and O–H groups in total. The fourth-order valence-electron chi connectivity index (χ4n) is 3.31. The van der Waals surface area contributed by atoms with Gasteiger partial charge >= 0.3 is 0 Å². The Kier molecular flexibility index (Phi) is 4.83. The number of benzene rings is 3. The molecule has 3 aromatic carbocycles. The van der Waals surface area contributed by atoms with E-state index in [-0.39, 0.29) is 34.1 Å². The topological polar surface area (TPSA) is 115 Å². The molecular formula is C22H14BrNO7S. The summed E-state index contributed by atoms with van der Waals surface area (Å²) in [4.78, 5) is 12.9. The van der Waals surface area contributed by atoms with Crippen LogP contribution in [-0.4, -0.2) is 20.3 Å². The SMILES string of the molecule is O=c1c(O)c(-c2ccc3c(c2)OCO3)oc2ccc(NS(=O)(=O)c3ccc(Br)cc3)cc12. The first-order valence-corrected chi connectivity index (χ1v) is 11.6. The van der Waals surface area contributed by atoms with E-state index in [4.69, 9.17) is 13.9 Å². The van der Waals surface area contributed by atoms with Crippen LogP contribution in [0.4, 0.5) is 5.69 Å². The molecule has 0 aliphatic carbocycles. The minimum absolute atomic E-state index is 0.0241. The van der Waals surface area contributed by atoms with Crippen LogP contribution in [0.2, 0.25) is 0 Å². The van der Waals surface area contributed by atoms with Crippen molar-refractivity contribution in [2.75, 3.05) is 11.5 Å². The average molecular weight is 516 g/mol. The van der Waals surface area contributed by atoms with Gasteiger partial charge in [-0.25, -0.2) is 8.42 Å². The molecule has 0 amide bonds. The highest BCUT2D eigenvalue weighted by atomic mass is 79.9. The van der Waals surface area contributed by atoms with E-state index in [2.05, 4.69) is 20.7 Å². The monoisotopic (exact) mass is 515 g/mol. The van der Waals surface area contributed by atoms with E-state index in [0.29, 0.717) is 17.1 Å². The fourth-order valence-corrected chi connectivity index (χ4v) is 4.62. The third kappa shape index (κ3) is 3.57. The summed E-state index contributed by atoms with van der Waals surface area (Å²) in [6, 6.07) is 15.3. The normalized spacial score (nSPS) is 12.8. The zero-order valence-electron chi connectivity index (χ0n) is 16.2. The van der Waals surface area contributed by atoms with Gasteiger partial charge in [-0.3, -0.25) is 9.52 Å². The molecule has 10 heteroatoms. The Morgan fingerprint density at radius 1 is 0.938 bits per heavy atom. The van der Waals surface area contributed by atoms with Gasteiger partial charge in [0, 0.05) is 15.7 Å². The molecule has 1 aliphatic heterocycles. The number of aromatic hydroxyl groups is 1. The van der Waals surface area contributed by atoms with Crippen molar-refractivity contribution in [2.45, 2.75) is 4.90 Å². The van der Waals surface area contributed by atoms with Crippen molar-refractivity contribution in [3.05, 3.63) is 75.4 Å². The molecule has 0 fully saturated rings. The van der Waals surface area contributed by atoms with Gasteiger partial charge in [0.05, 0.1) is 10.3 Å². The smallest absolute Gasteiger partial charge is 0.261 e. The van der Waals surface area contributed by atoms with E-state index in [0.717, 1.165) is 4.47 Å². The summed E-state index contributed by atoms with van der Waals surface area (Å²) in [5.41, 5.74) is 0.0874. The van der Waals surface area contributed by atoms with Crippen molar-refractivity contribution in [1.82, 2.24) is 0 Å². The summed E-state index contributed by atoms with van der Waals surface area (Å²) >= 11 is 3.26. The van der Waals surface area contributed by atoms with Gasteiger partial charge in [-0.1, -0.05) is 15.9 Å². The molecule has 0 bridgehead atoms. The third-order valence-electron chi connectivity index (χ3n) is 4.88. The van der Waals surface area contributed by atoms with Crippen LogP contribution in [0.3, 0.4) is 0 Å². The number of sulfonamides is 1. The van der Waals surface area contributed by atoms with Gasteiger partial charge in [0.1, 0.15) is 5.58 Å². The van der Waals surface area contributed by atoms with Gasteiger partial charge in [0.15, 0.2) is 17.3 Å².